The Morgan fingerprint density at radius 1 is 1.10 bits per heavy atom. The lowest BCUT2D eigenvalue weighted by Crippen LogP contribution is -2.24. The van der Waals surface area contributed by atoms with E-state index in [0.29, 0.717) is 5.56 Å². The number of hydrogen-bond acceptors (Lipinski definition) is 1. The van der Waals surface area contributed by atoms with Crippen LogP contribution in [0.25, 0.3) is 6.08 Å². The van der Waals surface area contributed by atoms with E-state index in [-0.39, 0.29) is 18.3 Å². The quantitative estimate of drug-likeness (QED) is 0.778. The van der Waals surface area contributed by atoms with Crippen LogP contribution in [0, 0.1) is 5.82 Å². The van der Waals surface area contributed by atoms with Crippen molar-refractivity contribution in [1.82, 2.24) is 4.90 Å². The molecule has 102 valence electrons. The van der Waals surface area contributed by atoms with E-state index in [1.807, 2.05) is 30.3 Å². The lowest BCUT2D eigenvalue weighted by molar-refractivity contribution is -0.125. The van der Waals surface area contributed by atoms with Crippen molar-refractivity contribution >= 4 is 12.0 Å². The van der Waals surface area contributed by atoms with E-state index in [1.54, 1.807) is 31.3 Å². The summed E-state index contributed by atoms with van der Waals surface area (Å²) in [4.78, 5) is 13.4. The van der Waals surface area contributed by atoms with Gasteiger partial charge in [-0.3, -0.25) is 4.79 Å². The summed E-state index contributed by atoms with van der Waals surface area (Å²) in [5.74, 6) is -0.448. The Bertz CT molecular complexity index is 607. The second kappa shape index (κ2) is 6.66. The first-order valence-corrected chi connectivity index (χ1v) is 6.38. The molecule has 0 radical (unpaired) electrons. The van der Waals surface area contributed by atoms with Crippen LogP contribution in [0.4, 0.5) is 4.39 Å². The molecule has 0 aromatic heterocycles. The van der Waals surface area contributed by atoms with Crippen molar-refractivity contribution in [2.45, 2.75) is 6.54 Å². The molecule has 20 heavy (non-hydrogen) atoms. The molecule has 2 rings (SSSR count). The highest BCUT2D eigenvalue weighted by Crippen LogP contribution is 2.09. The van der Waals surface area contributed by atoms with Gasteiger partial charge in [0.1, 0.15) is 5.82 Å². The number of nitrogens with zero attached hydrogens (tertiary/aromatic N) is 1. The Hall–Kier alpha value is -2.42. The molecule has 0 saturated carbocycles. The number of carbonyl (C=O) groups excluding carboxylic acids is 1. The van der Waals surface area contributed by atoms with E-state index in [2.05, 4.69) is 0 Å². The van der Waals surface area contributed by atoms with Crippen LogP contribution in [-0.2, 0) is 11.3 Å². The largest absolute Gasteiger partial charge is 0.338 e. The smallest absolute Gasteiger partial charge is 0.246 e. The lowest BCUT2D eigenvalue weighted by Gasteiger charge is -2.15. The lowest BCUT2D eigenvalue weighted by atomic mass is 10.2. The fraction of sp³-hybridized carbons (Fsp3) is 0.118. The summed E-state index contributed by atoms with van der Waals surface area (Å²) in [6.45, 7) is 0.255. The minimum absolute atomic E-state index is 0.155. The zero-order chi connectivity index (χ0) is 14.4. The third kappa shape index (κ3) is 3.79. The number of likely N-dealkylation sites (N-methyl/N-ethyl adjacent to an activating group) is 1. The molecule has 0 saturated heterocycles. The molecule has 0 spiro atoms. The van der Waals surface area contributed by atoms with E-state index in [4.69, 9.17) is 0 Å². The summed E-state index contributed by atoms with van der Waals surface area (Å²) in [5, 5.41) is 0. The molecule has 0 unspecified atom stereocenters. The highest BCUT2D eigenvalue weighted by Gasteiger charge is 2.08. The summed E-state index contributed by atoms with van der Waals surface area (Å²) in [7, 11) is 1.66. The van der Waals surface area contributed by atoms with Crippen LogP contribution in [0.5, 0.6) is 0 Å². The summed E-state index contributed by atoms with van der Waals surface area (Å²) in [6, 6.07) is 16.0. The van der Waals surface area contributed by atoms with E-state index >= 15 is 0 Å². The maximum absolute atomic E-state index is 13.5. The number of halogens is 1. The van der Waals surface area contributed by atoms with Gasteiger partial charge in [-0.1, -0.05) is 48.5 Å². The second-order valence-electron chi connectivity index (χ2n) is 4.53. The van der Waals surface area contributed by atoms with Crippen LogP contribution < -0.4 is 0 Å². The molecule has 0 aliphatic heterocycles. The van der Waals surface area contributed by atoms with Gasteiger partial charge in [0.05, 0.1) is 0 Å². The molecule has 0 aliphatic rings. The molecule has 2 nitrogen and oxygen atoms in total. The van der Waals surface area contributed by atoms with Crippen molar-refractivity contribution in [3.05, 3.63) is 77.6 Å². The maximum Gasteiger partial charge on any atom is 0.246 e. The van der Waals surface area contributed by atoms with Gasteiger partial charge in [-0.05, 0) is 17.7 Å². The molecule has 0 fully saturated rings. The molecule has 0 aliphatic carbocycles. The topological polar surface area (TPSA) is 20.3 Å². The minimum atomic E-state index is -0.292. The molecule has 0 heterocycles. The van der Waals surface area contributed by atoms with Crippen molar-refractivity contribution in [2.75, 3.05) is 7.05 Å². The first-order chi connectivity index (χ1) is 9.66. The minimum Gasteiger partial charge on any atom is -0.338 e. The Balaban J connectivity index is 1.99. The highest BCUT2D eigenvalue weighted by molar-refractivity contribution is 5.91. The normalized spacial score (nSPS) is 10.7. The van der Waals surface area contributed by atoms with Gasteiger partial charge in [0.25, 0.3) is 0 Å². The van der Waals surface area contributed by atoms with Gasteiger partial charge in [-0.25, -0.2) is 4.39 Å². The van der Waals surface area contributed by atoms with Gasteiger partial charge in [0.2, 0.25) is 5.91 Å². The molecular formula is C17H16FNO. The Morgan fingerprint density at radius 2 is 1.75 bits per heavy atom. The number of hydrogen-bond donors (Lipinski definition) is 0. The van der Waals surface area contributed by atoms with Gasteiger partial charge in [0, 0.05) is 25.2 Å². The van der Waals surface area contributed by atoms with Crippen molar-refractivity contribution in [3.63, 3.8) is 0 Å². The number of rotatable bonds is 4. The standard InChI is InChI=1S/C17H16FNO/c1-19(13-15-9-5-6-10-16(15)18)17(20)12-11-14-7-3-2-4-8-14/h2-12H,13H2,1H3/b12-11+. The second-order valence-corrected chi connectivity index (χ2v) is 4.53. The Morgan fingerprint density at radius 3 is 2.45 bits per heavy atom. The number of carbonyl (C=O) groups is 1. The average molecular weight is 269 g/mol. The highest BCUT2D eigenvalue weighted by atomic mass is 19.1. The van der Waals surface area contributed by atoms with Crippen LogP contribution in [-0.4, -0.2) is 17.9 Å². The third-order valence-corrected chi connectivity index (χ3v) is 2.96. The van der Waals surface area contributed by atoms with Gasteiger partial charge >= 0.3 is 0 Å². The number of benzene rings is 2. The van der Waals surface area contributed by atoms with E-state index in [0.717, 1.165) is 5.56 Å². The van der Waals surface area contributed by atoms with E-state index in [1.165, 1.54) is 17.0 Å². The van der Waals surface area contributed by atoms with Crippen LogP contribution in [0.15, 0.2) is 60.7 Å². The predicted octanol–water partition coefficient (Wildman–Crippen LogP) is 3.50. The van der Waals surface area contributed by atoms with Crippen LogP contribution in [0.3, 0.4) is 0 Å². The molecule has 2 aromatic carbocycles. The first-order valence-electron chi connectivity index (χ1n) is 6.38. The molecule has 0 atom stereocenters. The van der Waals surface area contributed by atoms with Gasteiger partial charge in [-0.2, -0.15) is 0 Å². The molecule has 0 N–H and O–H groups in total. The summed E-state index contributed by atoms with van der Waals surface area (Å²) < 4.78 is 13.5. The first kappa shape index (κ1) is 14.0. The molecule has 1 amide bonds. The van der Waals surface area contributed by atoms with Crippen LogP contribution >= 0.6 is 0 Å². The molecular weight excluding hydrogens is 253 g/mol. The van der Waals surface area contributed by atoms with E-state index < -0.39 is 0 Å². The SMILES string of the molecule is CN(Cc1ccccc1F)C(=O)/C=C/c1ccccc1. The third-order valence-electron chi connectivity index (χ3n) is 2.96. The van der Waals surface area contributed by atoms with Crippen molar-refractivity contribution in [2.24, 2.45) is 0 Å². The van der Waals surface area contributed by atoms with Gasteiger partial charge < -0.3 is 4.90 Å². The molecule has 3 heteroatoms. The zero-order valence-electron chi connectivity index (χ0n) is 11.3. The van der Waals surface area contributed by atoms with Crippen molar-refractivity contribution in [1.29, 1.82) is 0 Å². The van der Waals surface area contributed by atoms with E-state index in [9.17, 15) is 9.18 Å². The number of amides is 1. The summed E-state index contributed by atoms with van der Waals surface area (Å²) >= 11 is 0. The fourth-order valence-corrected chi connectivity index (χ4v) is 1.82. The zero-order valence-corrected chi connectivity index (χ0v) is 11.3. The van der Waals surface area contributed by atoms with Crippen LogP contribution in [0.1, 0.15) is 11.1 Å². The average Bonchev–Trinajstić information content (AvgIpc) is 2.48. The Labute approximate surface area is 118 Å². The summed E-state index contributed by atoms with van der Waals surface area (Å²) in [6.07, 6.45) is 3.25. The predicted molar refractivity (Wildman–Crippen MR) is 78.4 cm³/mol. The maximum atomic E-state index is 13.5. The van der Waals surface area contributed by atoms with Crippen LogP contribution in [0.2, 0.25) is 0 Å². The molecule has 2 aromatic rings. The summed E-state index contributed by atoms with van der Waals surface area (Å²) in [5.41, 5.74) is 1.47. The van der Waals surface area contributed by atoms with Gasteiger partial charge in [-0.15, -0.1) is 0 Å². The van der Waals surface area contributed by atoms with Gasteiger partial charge in [0.15, 0.2) is 0 Å². The monoisotopic (exact) mass is 269 g/mol. The fourth-order valence-electron chi connectivity index (χ4n) is 1.82. The molecule has 0 bridgehead atoms. The van der Waals surface area contributed by atoms with Crippen molar-refractivity contribution < 1.29 is 9.18 Å². The Kier molecular flexibility index (Phi) is 4.66. The van der Waals surface area contributed by atoms with Crippen molar-refractivity contribution in [3.8, 4) is 0 Å².